The molecule has 1 atom stereocenters. The van der Waals surface area contributed by atoms with Crippen molar-refractivity contribution in [3.05, 3.63) is 41.7 Å². The molecule has 2 aromatic heterocycles. The molecule has 1 aliphatic rings. The van der Waals surface area contributed by atoms with Crippen molar-refractivity contribution in [2.24, 2.45) is 0 Å². The third-order valence-electron chi connectivity index (χ3n) is 5.25. The molecule has 0 radical (unpaired) electrons. The van der Waals surface area contributed by atoms with Gasteiger partial charge in [0, 0.05) is 24.8 Å². The van der Waals surface area contributed by atoms with Crippen molar-refractivity contribution in [1.29, 1.82) is 0 Å². The Morgan fingerprint density at radius 2 is 1.94 bits per heavy atom. The van der Waals surface area contributed by atoms with E-state index in [9.17, 15) is 14.7 Å². The van der Waals surface area contributed by atoms with Gasteiger partial charge in [0.05, 0.1) is 18.4 Å². The van der Waals surface area contributed by atoms with Crippen molar-refractivity contribution < 1.29 is 14.7 Å². The van der Waals surface area contributed by atoms with Crippen LogP contribution in [0.1, 0.15) is 28.9 Å². The SMILES string of the molecule is CN(Cc1cnc2nc(N)nc(N)c2n1)c1ccc(C(=O)N2CCCC2C(=O)O)cc1. The van der Waals surface area contributed by atoms with Crippen LogP contribution in [0.3, 0.4) is 0 Å². The quantitative estimate of drug-likeness (QED) is 0.538. The average molecular weight is 422 g/mol. The minimum atomic E-state index is -0.965. The summed E-state index contributed by atoms with van der Waals surface area (Å²) in [6, 6.07) is 6.27. The number of aliphatic carboxylic acids is 1. The molecule has 1 aromatic carbocycles. The van der Waals surface area contributed by atoms with E-state index in [0.717, 1.165) is 5.69 Å². The Kier molecular flexibility index (Phi) is 5.24. The summed E-state index contributed by atoms with van der Waals surface area (Å²) in [5.74, 6) is -1.02. The third-order valence-corrected chi connectivity index (χ3v) is 5.25. The number of rotatable bonds is 5. The Morgan fingerprint density at radius 3 is 2.65 bits per heavy atom. The van der Waals surface area contributed by atoms with Crippen LogP contribution in [0.15, 0.2) is 30.5 Å². The number of amides is 1. The van der Waals surface area contributed by atoms with Crippen LogP contribution in [0.5, 0.6) is 0 Å². The largest absolute Gasteiger partial charge is 0.480 e. The van der Waals surface area contributed by atoms with Crippen LogP contribution in [0.4, 0.5) is 17.5 Å². The van der Waals surface area contributed by atoms with Crippen LogP contribution < -0.4 is 16.4 Å². The maximum absolute atomic E-state index is 12.7. The minimum absolute atomic E-state index is 0.0439. The standard InChI is InChI=1S/C20H22N8O3/c1-27(10-12-9-23-17-15(24-12)16(21)25-20(22)26-17)13-6-4-11(5-7-13)18(29)28-8-2-3-14(28)19(30)31/h4-7,9,14H,2-3,8,10H2,1H3,(H,30,31)(H4,21,22,23,25,26). The first-order valence-corrected chi connectivity index (χ1v) is 9.73. The van der Waals surface area contributed by atoms with Crippen LogP contribution in [0.2, 0.25) is 0 Å². The van der Waals surface area contributed by atoms with Gasteiger partial charge in [-0.2, -0.15) is 9.97 Å². The second-order valence-electron chi connectivity index (χ2n) is 7.40. The number of aromatic nitrogens is 4. The molecule has 31 heavy (non-hydrogen) atoms. The lowest BCUT2D eigenvalue weighted by Crippen LogP contribution is -2.40. The number of carboxylic acids is 1. The maximum atomic E-state index is 12.7. The van der Waals surface area contributed by atoms with E-state index in [-0.39, 0.29) is 17.7 Å². The number of likely N-dealkylation sites (tertiary alicyclic amines) is 1. The fourth-order valence-electron chi connectivity index (χ4n) is 3.68. The molecule has 1 amide bonds. The van der Waals surface area contributed by atoms with Gasteiger partial charge in [0.15, 0.2) is 17.0 Å². The predicted molar refractivity (Wildman–Crippen MR) is 114 cm³/mol. The molecule has 11 nitrogen and oxygen atoms in total. The van der Waals surface area contributed by atoms with E-state index in [0.29, 0.717) is 48.4 Å². The Hall–Kier alpha value is -4.02. The first-order valence-electron chi connectivity index (χ1n) is 9.73. The van der Waals surface area contributed by atoms with Crippen LogP contribution in [-0.4, -0.2) is 61.5 Å². The molecule has 4 rings (SSSR count). The highest BCUT2D eigenvalue weighted by molar-refractivity contribution is 5.97. The highest BCUT2D eigenvalue weighted by Gasteiger charge is 2.34. The van der Waals surface area contributed by atoms with E-state index >= 15 is 0 Å². The van der Waals surface area contributed by atoms with Gasteiger partial charge in [0.2, 0.25) is 5.95 Å². The van der Waals surface area contributed by atoms with Crippen molar-refractivity contribution in [3.63, 3.8) is 0 Å². The number of carboxylic acid groups (broad SMARTS) is 1. The number of hydrogen-bond acceptors (Lipinski definition) is 9. The monoisotopic (exact) mass is 422 g/mol. The second kappa shape index (κ2) is 8.01. The van der Waals surface area contributed by atoms with Gasteiger partial charge in [-0.25, -0.2) is 14.8 Å². The molecular formula is C20H22N8O3. The van der Waals surface area contributed by atoms with Gasteiger partial charge < -0.3 is 26.4 Å². The van der Waals surface area contributed by atoms with Gasteiger partial charge in [-0.3, -0.25) is 4.79 Å². The fraction of sp³-hybridized carbons (Fsp3) is 0.300. The van der Waals surface area contributed by atoms with Crippen molar-refractivity contribution in [1.82, 2.24) is 24.8 Å². The molecule has 160 valence electrons. The Morgan fingerprint density at radius 1 is 1.19 bits per heavy atom. The van der Waals surface area contributed by atoms with Crippen LogP contribution in [0.25, 0.3) is 11.2 Å². The number of nitrogens with zero attached hydrogens (tertiary/aromatic N) is 6. The van der Waals surface area contributed by atoms with Gasteiger partial charge in [-0.1, -0.05) is 0 Å². The number of fused-ring (bicyclic) bond motifs is 1. The van der Waals surface area contributed by atoms with Crippen LogP contribution in [-0.2, 0) is 11.3 Å². The summed E-state index contributed by atoms with van der Waals surface area (Å²) in [6.07, 6.45) is 2.78. The summed E-state index contributed by atoms with van der Waals surface area (Å²) in [5.41, 5.74) is 14.2. The normalized spacial score (nSPS) is 15.9. The number of hydrogen-bond donors (Lipinski definition) is 3. The van der Waals surface area contributed by atoms with E-state index in [1.165, 1.54) is 4.90 Å². The molecule has 1 unspecified atom stereocenters. The molecule has 0 saturated carbocycles. The highest BCUT2D eigenvalue weighted by atomic mass is 16.4. The smallest absolute Gasteiger partial charge is 0.326 e. The predicted octanol–water partition coefficient (Wildman–Crippen LogP) is 0.910. The summed E-state index contributed by atoms with van der Waals surface area (Å²) >= 11 is 0. The van der Waals surface area contributed by atoms with Gasteiger partial charge in [-0.15, -0.1) is 0 Å². The molecule has 3 aromatic rings. The zero-order valence-corrected chi connectivity index (χ0v) is 16.9. The molecule has 11 heteroatoms. The average Bonchev–Trinajstić information content (AvgIpc) is 3.24. The number of nitrogen functional groups attached to an aromatic ring is 2. The van der Waals surface area contributed by atoms with Crippen molar-refractivity contribution in [2.45, 2.75) is 25.4 Å². The zero-order valence-electron chi connectivity index (χ0n) is 16.9. The summed E-state index contributed by atoms with van der Waals surface area (Å²) in [7, 11) is 1.88. The maximum Gasteiger partial charge on any atom is 0.326 e. The van der Waals surface area contributed by atoms with Crippen LogP contribution >= 0.6 is 0 Å². The Balaban J connectivity index is 1.48. The summed E-state index contributed by atoms with van der Waals surface area (Å²) in [6.45, 7) is 0.893. The molecular weight excluding hydrogens is 400 g/mol. The van der Waals surface area contributed by atoms with Gasteiger partial charge >= 0.3 is 5.97 Å². The fourth-order valence-corrected chi connectivity index (χ4v) is 3.68. The summed E-state index contributed by atoms with van der Waals surface area (Å²) < 4.78 is 0. The number of benzene rings is 1. The van der Waals surface area contributed by atoms with E-state index in [1.54, 1.807) is 18.3 Å². The van der Waals surface area contributed by atoms with Crippen molar-refractivity contribution >= 4 is 40.5 Å². The van der Waals surface area contributed by atoms with Gasteiger partial charge in [-0.05, 0) is 37.1 Å². The summed E-state index contributed by atoms with van der Waals surface area (Å²) in [5, 5.41) is 9.30. The molecule has 1 saturated heterocycles. The van der Waals surface area contributed by atoms with Crippen LogP contribution in [0, 0.1) is 0 Å². The number of carbonyl (C=O) groups excluding carboxylic acids is 1. The number of nitrogens with two attached hydrogens (primary N) is 2. The molecule has 1 aliphatic heterocycles. The molecule has 3 heterocycles. The lowest BCUT2D eigenvalue weighted by atomic mass is 10.1. The van der Waals surface area contributed by atoms with Gasteiger partial charge in [0.1, 0.15) is 6.04 Å². The minimum Gasteiger partial charge on any atom is -0.480 e. The second-order valence-corrected chi connectivity index (χ2v) is 7.40. The molecule has 0 aliphatic carbocycles. The van der Waals surface area contributed by atoms with E-state index in [1.807, 2.05) is 24.1 Å². The Labute approximate surface area is 177 Å². The first-order chi connectivity index (χ1) is 14.8. The summed E-state index contributed by atoms with van der Waals surface area (Å²) in [4.78, 5) is 44.1. The van der Waals surface area contributed by atoms with E-state index < -0.39 is 12.0 Å². The van der Waals surface area contributed by atoms with E-state index in [4.69, 9.17) is 11.5 Å². The first kappa shape index (κ1) is 20.3. The lowest BCUT2D eigenvalue weighted by molar-refractivity contribution is -0.141. The van der Waals surface area contributed by atoms with Gasteiger partial charge in [0.25, 0.3) is 5.91 Å². The Bertz CT molecular complexity index is 1150. The topological polar surface area (TPSA) is 164 Å². The molecule has 0 spiro atoms. The third kappa shape index (κ3) is 4.02. The molecule has 5 N–H and O–H groups in total. The number of anilines is 3. The lowest BCUT2D eigenvalue weighted by Gasteiger charge is -2.22. The number of carbonyl (C=O) groups is 2. The van der Waals surface area contributed by atoms with Crippen molar-refractivity contribution in [2.75, 3.05) is 30.0 Å². The molecule has 0 bridgehead atoms. The van der Waals surface area contributed by atoms with E-state index in [2.05, 4.69) is 19.9 Å². The molecule has 1 fully saturated rings. The highest BCUT2D eigenvalue weighted by Crippen LogP contribution is 2.23. The zero-order chi connectivity index (χ0) is 22.1. The van der Waals surface area contributed by atoms with Crippen molar-refractivity contribution in [3.8, 4) is 0 Å².